The Labute approximate surface area is 118 Å². The van der Waals surface area contributed by atoms with Crippen LogP contribution in [0, 0.1) is 6.92 Å². The summed E-state index contributed by atoms with van der Waals surface area (Å²) >= 11 is 0. The number of rotatable bonds is 0. The van der Waals surface area contributed by atoms with Gasteiger partial charge in [0, 0.05) is 35.1 Å². The van der Waals surface area contributed by atoms with Crippen LogP contribution in [-0.2, 0) is 5.41 Å². The lowest BCUT2D eigenvalue weighted by Gasteiger charge is -2.22. The van der Waals surface area contributed by atoms with Crippen LogP contribution in [0.4, 0.5) is 0 Å². The van der Waals surface area contributed by atoms with E-state index in [4.69, 9.17) is 0 Å². The third kappa shape index (κ3) is 1.34. The van der Waals surface area contributed by atoms with Crippen molar-refractivity contribution in [1.82, 2.24) is 9.97 Å². The van der Waals surface area contributed by atoms with Crippen molar-refractivity contribution in [3.63, 3.8) is 0 Å². The van der Waals surface area contributed by atoms with E-state index in [1.165, 1.54) is 33.0 Å². The molecule has 0 aliphatic heterocycles. The molecular formula is C18H16N2. The number of aryl methyl sites for hydroxylation is 1. The summed E-state index contributed by atoms with van der Waals surface area (Å²) in [5.74, 6) is 0. The number of nitrogens with zero attached hydrogens (tertiary/aromatic N) is 2. The minimum atomic E-state index is -0.00771. The quantitative estimate of drug-likeness (QED) is 0.604. The molecule has 0 spiro atoms. The Hall–Kier alpha value is -2.22. The molecule has 2 heterocycles. The van der Waals surface area contributed by atoms with Gasteiger partial charge in [-0.3, -0.25) is 9.97 Å². The summed E-state index contributed by atoms with van der Waals surface area (Å²) < 4.78 is 0. The molecule has 0 atom stereocenters. The van der Waals surface area contributed by atoms with Crippen molar-refractivity contribution in [3.05, 3.63) is 59.7 Å². The van der Waals surface area contributed by atoms with Gasteiger partial charge in [-0.15, -0.1) is 0 Å². The molecule has 0 saturated heterocycles. The van der Waals surface area contributed by atoms with E-state index in [0.717, 1.165) is 5.69 Å². The Morgan fingerprint density at radius 1 is 1.00 bits per heavy atom. The first-order valence-corrected chi connectivity index (χ1v) is 6.94. The van der Waals surface area contributed by atoms with Crippen LogP contribution in [0.1, 0.15) is 30.7 Å². The van der Waals surface area contributed by atoms with Crippen molar-refractivity contribution in [2.24, 2.45) is 0 Å². The maximum Gasteiger partial charge on any atom is 0.0379 e. The van der Waals surface area contributed by atoms with E-state index in [2.05, 4.69) is 55.0 Å². The molecule has 98 valence electrons. The van der Waals surface area contributed by atoms with Gasteiger partial charge in [0.1, 0.15) is 0 Å². The molecule has 2 heteroatoms. The third-order valence-electron chi connectivity index (χ3n) is 4.45. The normalized spacial score (nSPS) is 15.2. The molecule has 2 nitrogen and oxygen atoms in total. The summed E-state index contributed by atoms with van der Waals surface area (Å²) in [6, 6.07) is 8.73. The number of fused-ring (bicyclic) bond motifs is 5. The van der Waals surface area contributed by atoms with E-state index in [1.54, 1.807) is 0 Å². The minimum Gasteiger partial charge on any atom is -0.264 e. The maximum absolute atomic E-state index is 4.50. The average Bonchev–Trinajstić information content (AvgIpc) is 2.67. The predicted molar refractivity (Wildman–Crippen MR) is 81.8 cm³/mol. The highest BCUT2D eigenvalue weighted by Crippen LogP contribution is 2.50. The maximum atomic E-state index is 4.50. The molecule has 0 saturated carbocycles. The van der Waals surface area contributed by atoms with Crippen molar-refractivity contribution in [1.29, 1.82) is 0 Å². The van der Waals surface area contributed by atoms with Gasteiger partial charge in [0.2, 0.25) is 0 Å². The first-order valence-electron chi connectivity index (χ1n) is 6.94. The molecule has 1 aromatic carbocycles. The Morgan fingerprint density at radius 3 is 2.70 bits per heavy atom. The summed E-state index contributed by atoms with van der Waals surface area (Å²) in [4.78, 5) is 8.73. The van der Waals surface area contributed by atoms with Gasteiger partial charge in [0.25, 0.3) is 0 Å². The van der Waals surface area contributed by atoms with Gasteiger partial charge in [-0.1, -0.05) is 26.0 Å². The van der Waals surface area contributed by atoms with E-state index in [-0.39, 0.29) is 5.41 Å². The molecule has 0 fully saturated rings. The number of hydrogen-bond acceptors (Lipinski definition) is 2. The Balaban J connectivity index is 2.18. The van der Waals surface area contributed by atoms with Crippen molar-refractivity contribution >= 4 is 10.8 Å². The smallest absolute Gasteiger partial charge is 0.0379 e. The number of hydrogen-bond donors (Lipinski definition) is 0. The van der Waals surface area contributed by atoms with Crippen LogP contribution in [0.3, 0.4) is 0 Å². The largest absolute Gasteiger partial charge is 0.264 e. The van der Waals surface area contributed by atoms with Gasteiger partial charge < -0.3 is 0 Å². The summed E-state index contributed by atoms with van der Waals surface area (Å²) in [5, 5.41) is 2.51. The van der Waals surface area contributed by atoms with Crippen molar-refractivity contribution in [3.8, 4) is 11.1 Å². The summed E-state index contributed by atoms with van der Waals surface area (Å²) in [5.41, 5.74) is 6.46. The lowest BCUT2D eigenvalue weighted by molar-refractivity contribution is 0.662. The van der Waals surface area contributed by atoms with E-state index >= 15 is 0 Å². The zero-order chi connectivity index (χ0) is 13.9. The van der Waals surface area contributed by atoms with E-state index < -0.39 is 0 Å². The molecule has 2 aromatic heterocycles. The fraction of sp³-hybridized carbons (Fsp3) is 0.222. The lowest BCUT2D eigenvalue weighted by Crippen LogP contribution is -2.15. The lowest BCUT2D eigenvalue weighted by atomic mass is 9.81. The standard InChI is InChI=1S/C18H16N2/c1-11-8-15-14-5-4-12-9-19-7-6-13(12)17(14)18(2,3)16(15)10-20-11/h4-10H,1-3H3. The van der Waals surface area contributed by atoms with Crippen LogP contribution in [-0.4, -0.2) is 9.97 Å². The van der Waals surface area contributed by atoms with Crippen LogP contribution in [0.2, 0.25) is 0 Å². The fourth-order valence-corrected chi connectivity index (χ4v) is 3.48. The molecule has 4 rings (SSSR count). The first-order chi connectivity index (χ1) is 9.59. The second-order valence-electron chi connectivity index (χ2n) is 6.08. The predicted octanol–water partition coefficient (Wildman–Crippen LogP) is 4.24. The Bertz CT molecular complexity index is 847. The molecule has 0 N–H and O–H groups in total. The topological polar surface area (TPSA) is 25.8 Å². The van der Waals surface area contributed by atoms with Crippen LogP contribution in [0.25, 0.3) is 21.9 Å². The molecule has 1 aliphatic rings. The number of aromatic nitrogens is 2. The second-order valence-corrected chi connectivity index (χ2v) is 6.08. The van der Waals surface area contributed by atoms with Gasteiger partial charge in [-0.25, -0.2) is 0 Å². The zero-order valence-electron chi connectivity index (χ0n) is 11.9. The van der Waals surface area contributed by atoms with Crippen LogP contribution in [0.15, 0.2) is 42.9 Å². The van der Waals surface area contributed by atoms with Crippen molar-refractivity contribution in [2.45, 2.75) is 26.2 Å². The number of benzene rings is 1. The van der Waals surface area contributed by atoms with Crippen LogP contribution < -0.4 is 0 Å². The second kappa shape index (κ2) is 3.66. The van der Waals surface area contributed by atoms with Crippen LogP contribution in [0.5, 0.6) is 0 Å². The minimum absolute atomic E-state index is 0.00771. The Morgan fingerprint density at radius 2 is 1.85 bits per heavy atom. The van der Waals surface area contributed by atoms with E-state index in [0.29, 0.717) is 0 Å². The van der Waals surface area contributed by atoms with Gasteiger partial charge in [-0.05, 0) is 46.7 Å². The van der Waals surface area contributed by atoms with Crippen molar-refractivity contribution in [2.75, 3.05) is 0 Å². The zero-order valence-corrected chi connectivity index (χ0v) is 11.9. The van der Waals surface area contributed by atoms with Crippen LogP contribution >= 0.6 is 0 Å². The average molecular weight is 260 g/mol. The van der Waals surface area contributed by atoms with Gasteiger partial charge >= 0.3 is 0 Å². The number of pyridine rings is 2. The van der Waals surface area contributed by atoms with E-state index in [9.17, 15) is 0 Å². The van der Waals surface area contributed by atoms with Gasteiger partial charge in [0.15, 0.2) is 0 Å². The highest BCUT2D eigenvalue weighted by Gasteiger charge is 2.37. The van der Waals surface area contributed by atoms with Gasteiger partial charge in [0.05, 0.1) is 0 Å². The SMILES string of the molecule is Cc1cc2c(cn1)C(C)(C)c1c-2ccc2cnccc12. The highest BCUT2D eigenvalue weighted by atomic mass is 14.7. The third-order valence-corrected chi connectivity index (χ3v) is 4.45. The highest BCUT2D eigenvalue weighted by molar-refractivity contribution is 5.96. The molecule has 0 bridgehead atoms. The molecule has 0 unspecified atom stereocenters. The monoisotopic (exact) mass is 260 g/mol. The Kier molecular flexibility index (Phi) is 2.12. The molecule has 0 amide bonds. The molecular weight excluding hydrogens is 244 g/mol. The fourth-order valence-electron chi connectivity index (χ4n) is 3.48. The summed E-state index contributed by atoms with van der Waals surface area (Å²) in [6.07, 6.45) is 5.86. The molecule has 1 aliphatic carbocycles. The van der Waals surface area contributed by atoms with Crippen molar-refractivity contribution < 1.29 is 0 Å². The first kappa shape index (κ1) is 11.6. The molecule has 3 aromatic rings. The van der Waals surface area contributed by atoms with E-state index in [1.807, 2.05) is 18.6 Å². The van der Waals surface area contributed by atoms with Gasteiger partial charge in [-0.2, -0.15) is 0 Å². The molecule has 0 radical (unpaired) electrons. The summed E-state index contributed by atoms with van der Waals surface area (Å²) in [6.45, 7) is 6.62. The molecule has 20 heavy (non-hydrogen) atoms. The summed E-state index contributed by atoms with van der Waals surface area (Å²) in [7, 11) is 0.